The molecular formula is C17H14F3NO. The fourth-order valence-electron chi connectivity index (χ4n) is 2.47. The van der Waals surface area contributed by atoms with E-state index in [1.165, 1.54) is 12.1 Å². The Morgan fingerprint density at radius 2 is 1.68 bits per heavy atom. The van der Waals surface area contributed by atoms with Crippen molar-refractivity contribution in [2.45, 2.75) is 6.18 Å². The summed E-state index contributed by atoms with van der Waals surface area (Å²) in [5.41, 5.74) is 8.51. The lowest BCUT2D eigenvalue weighted by molar-refractivity contribution is -0.137. The molecule has 0 aromatic heterocycles. The third kappa shape index (κ3) is 2.72. The molecule has 3 rings (SSSR count). The van der Waals surface area contributed by atoms with Gasteiger partial charge in [0.15, 0.2) is 0 Å². The number of halogens is 3. The zero-order valence-corrected chi connectivity index (χ0v) is 11.7. The van der Waals surface area contributed by atoms with E-state index in [1.54, 1.807) is 0 Å². The van der Waals surface area contributed by atoms with Crippen molar-refractivity contribution in [3.05, 3.63) is 59.7 Å². The predicted octanol–water partition coefficient (Wildman–Crippen LogP) is 4.11. The fraction of sp³-hybridized carbons (Fsp3) is 0.176. The van der Waals surface area contributed by atoms with Crippen LogP contribution in [0.15, 0.2) is 48.5 Å². The molecule has 0 aliphatic carbocycles. The largest absolute Gasteiger partial charge is 0.489 e. The standard InChI is InChI=1S/C17H14F3NO/c18-17(19,20)14-4-1-11(2-5-14)12-3-6-15-13(10-21)7-8-22-16(15)9-12/h1-7,9H,8,10,21H2. The molecule has 0 bridgehead atoms. The highest BCUT2D eigenvalue weighted by Gasteiger charge is 2.30. The van der Waals surface area contributed by atoms with Gasteiger partial charge in [0.2, 0.25) is 0 Å². The second-order valence-electron chi connectivity index (χ2n) is 5.03. The summed E-state index contributed by atoms with van der Waals surface area (Å²) in [6.07, 6.45) is -2.39. The first-order valence-electron chi connectivity index (χ1n) is 6.83. The summed E-state index contributed by atoms with van der Waals surface area (Å²) in [4.78, 5) is 0. The van der Waals surface area contributed by atoms with E-state index in [0.29, 0.717) is 24.5 Å². The van der Waals surface area contributed by atoms with Gasteiger partial charge in [-0.3, -0.25) is 0 Å². The van der Waals surface area contributed by atoms with Gasteiger partial charge in [-0.05, 0) is 41.0 Å². The molecule has 1 aliphatic heterocycles. The van der Waals surface area contributed by atoms with Crippen LogP contribution in [-0.2, 0) is 6.18 Å². The predicted molar refractivity (Wildman–Crippen MR) is 79.4 cm³/mol. The molecule has 2 aromatic carbocycles. The number of fused-ring (bicyclic) bond motifs is 1. The molecule has 5 heteroatoms. The smallest absolute Gasteiger partial charge is 0.416 e. The summed E-state index contributed by atoms with van der Waals surface area (Å²) in [5.74, 6) is 0.709. The van der Waals surface area contributed by atoms with Gasteiger partial charge in [-0.2, -0.15) is 13.2 Å². The lowest BCUT2D eigenvalue weighted by Gasteiger charge is -2.19. The zero-order valence-electron chi connectivity index (χ0n) is 11.7. The van der Waals surface area contributed by atoms with Crippen molar-refractivity contribution in [3.8, 4) is 16.9 Å². The first-order chi connectivity index (χ1) is 10.5. The summed E-state index contributed by atoms with van der Waals surface area (Å²) in [6.45, 7) is 0.881. The van der Waals surface area contributed by atoms with Crippen LogP contribution >= 0.6 is 0 Å². The topological polar surface area (TPSA) is 35.2 Å². The molecule has 2 aromatic rings. The number of benzene rings is 2. The van der Waals surface area contributed by atoms with Gasteiger partial charge in [-0.1, -0.05) is 24.3 Å². The maximum atomic E-state index is 12.6. The van der Waals surface area contributed by atoms with Gasteiger partial charge >= 0.3 is 6.18 Å². The Labute approximate surface area is 126 Å². The molecule has 0 radical (unpaired) electrons. The maximum absolute atomic E-state index is 12.6. The highest BCUT2D eigenvalue weighted by molar-refractivity contribution is 5.77. The lowest BCUT2D eigenvalue weighted by Crippen LogP contribution is -2.11. The maximum Gasteiger partial charge on any atom is 0.416 e. The second-order valence-corrected chi connectivity index (χ2v) is 5.03. The van der Waals surface area contributed by atoms with Gasteiger partial charge in [-0.15, -0.1) is 0 Å². The minimum absolute atomic E-state index is 0.427. The van der Waals surface area contributed by atoms with Crippen molar-refractivity contribution in [1.29, 1.82) is 0 Å². The van der Waals surface area contributed by atoms with Crippen LogP contribution < -0.4 is 10.5 Å². The van der Waals surface area contributed by atoms with Crippen molar-refractivity contribution in [1.82, 2.24) is 0 Å². The Morgan fingerprint density at radius 3 is 2.32 bits per heavy atom. The second kappa shape index (κ2) is 5.50. The van der Waals surface area contributed by atoms with Crippen LogP contribution in [0.3, 0.4) is 0 Å². The van der Waals surface area contributed by atoms with E-state index in [4.69, 9.17) is 10.5 Å². The van der Waals surface area contributed by atoms with E-state index in [9.17, 15) is 13.2 Å². The molecule has 0 saturated heterocycles. The van der Waals surface area contributed by atoms with Crippen molar-refractivity contribution >= 4 is 5.57 Å². The number of rotatable bonds is 2. The van der Waals surface area contributed by atoms with E-state index in [-0.39, 0.29) is 0 Å². The molecule has 1 aliphatic rings. The van der Waals surface area contributed by atoms with Gasteiger partial charge in [0.05, 0.1) is 5.56 Å². The summed E-state index contributed by atoms with van der Waals surface area (Å²) in [6, 6.07) is 10.7. The molecule has 2 nitrogen and oxygen atoms in total. The average Bonchev–Trinajstić information content (AvgIpc) is 2.53. The van der Waals surface area contributed by atoms with E-state index >= 15 is 0 Å². The highest BCUT2D eigenvalue weighted by Crippen LogP contribution is 2.35. The van der Waals surface area contributed by atoms with Crippen LogP contribution in [0.25, 0.3) is 16.7 Å². The highest BCUT2D eigenvalue weighted by atomic mass is 19.4. The monoisotopic (exact) mass is 305 g/mol. The van der Waals surface area contributed by atoms with E-state index < -0.39 is 11.7 Å². The van der Waals surface area contributed by atoms with Crippen molar-refractivity contribution in [3.63, 3.8) is 0 Å². The van der Waals surface area contributed by atoms with Crippen LogP contribution in [0.2, 0.25) is 0 Å². The zero-order chi connectivity index (χ0) is 15.7. The van der Waals surface area contributed by atoms with E-state index in [2.05, 4.69) is 0 Å². The van der Waals surface area contributed by atoms with Crippen LogP contribution in [0.4, 0.5) is 13.2 Å². The summed E-state index contributed by atoms with van der Waals surface area (Å²) in [7, 11) is 0. The molecule has 22 heavy (non-hydrogen) atoms. The van der Waals surface area contributed by atoms with Crippen LogP contribution in [-0.4, -0.2) is 13.2 Å². The van der Waals surface area contributed by atoms with Crippen LogP contribution in [0.1, 0.15) is 11.1 Å². The van der Waals surface area contributed by atoms with Gasteiger partial charge in [0, 0.05) is 12.1 Å². The Hall–Kier alpha value is -2.27. The van der Waals surface area contributed by atoms with Crippen molar-refractivity contribution in [2.24, 2.45) is 5.73 Å². The fourth-order valence-corrected chi connectivity index (χ4v) is 2.47. The number of alkyl halides is 3. The SMILES string of the molecule is NCC1=CCOc2cc(-c3ccc(C(F)(F)F)cc3)ccc21. The molecule has 0 amide bonds. The molecule has 0 unspecified atom stereocenters. The number of nitrogens with two attached hydrogens (primary N) is 1. The van der Waals surface area contributed by atoms with Crippen LogP contribution in [0.5, 0.6) is 5.75 Å². The van der Waals surface area contributed by atoms with Gasteiger partial charge in [0.1, 0.15) is 12.4 Å². The third-order valence-corrected chi connectivity index (χ3v) is 3.66. The Balaban J connectivity index is 1.95. The Kier molecular flexibility index (Phi) is 3.66. The molecule has 0 spiro atoms. The van der Waals surface area contributed by atoms with Gasteiger partial charge in [0.25, 0.3) is 0 Å². The lowest BCUT2D eigenvalue weighted by atomic mass is 9.97. The summed E-state index contributed by atoms with van der Waals surface area (Å²) in [5, 5.41) is 0. The summed E-state index contributed by atoms with van der Waals surface area (Å²) >= 11 is 0. The molecule has 1 heterocycles. The number of hydrogen-bond acceptors (Lipinski definition) is 2. The molecule has 0 fully saturated rings. The first kappa shape index (κ1) is 14.7. The van der Waals surface area contributed by atoms with Gasteiger partial charge < -0.3 is 10.5 Å². The van der Waals surface area contributed by atoms with Crippen molar-refractivity contribution < 1.29 is 17.9 Å². The van der Waals surface area contributed by atoms with E-state index in [0.717, 1.165) is 28.8 Å². The van der Waals surface area contributed by atoms with Crippen LogP contribution in [0, 0.1) is 0 Å². The Bertz CT molecular complexity index is 718. The minimum atomic E-state index is -4.32. The molecule has 114 valence electrons. The van der Waals surface area contributed by atoms with Crippen molar-refractivity contribution in [2.75, 3.05) is 13.2 Å². The molecule has 0 atom stereocenters. The average molecular weight is 305 g/mol. The number of hydrogen-bond donors (Lipinski definition) is 1. The Morgan fingerprint density at radius 1 is 1.00 bits per heavy atom. The van der Waals surface area contributed by atoms with Gasteiger partial charge in [-0.25, -0.2) is 0 Å². The first-order valence-corrected chi connectivity index (χ1v) is 6.83. The molecule has 2 N–H and O–H groups in total. The number of ether oxygens (including phenoxy) is 1. The normalized spacial score (nSPS) is 14.1. The molecule has 0 saturated carbocycles. The minimum Gasteiger partial charge on any atom is -0.489 e. The summed E-state index contributed by atoms with van der Waals surface area (Å²) < 4.78 is 43.4. The quantitative estimate of drug-likeness (QED) is 0.906. The molecular weight excluding hydrogens is 291 g/mol. The third-order valence-electron chi connectivity index (χ3n) is 3.66. The van der Waals surface area contributed by atoms with E-state index in [1.807, 2.05) is 24.3 Å².